The number of fused-ring (bicyclic) bond motifs is 2. The fourth-order valence-corrected chi connectivity index (χ4v) is 3.84. The molecule has 0 radical (unpaired) electrons. The Morgan fingerprint density at radius 1 is 1.11 bits per heavy atom. The van der Waals surface area contributed by atoms with Crippen LogP contribution in [0.5, 0.6) is 11.5 Å². The van der Waals surface area contributed by atoms with Crippen molar-refractivity contribution in [3.05, 3.63) is 71.8 Å². The number of ether oxygens (including phenoxy) is 2. The maximum Gasteiger partial charge on any atom is 0.272 e. The number of carbonyl (C=O) groups excluding carboxylic acids is 3. The van der Waals surface area contributed by atoms with Crippen LogP contribution in [0.25, 0.3) is 11.0 Å². The second kappa shape index (κ2) is 9.74. The molecule has 11 heteroatoms. The third kappa shape index (κ3) is 4.80. The SMILES string of the molecule is COc1ccc(CC(=O)Nc2c[nH]c3c(C(=O)NCc4ccc5c(c4)NC(=O)CO5)ncnc23)cc1. The van der Waals surface area contributed by atoms with Crippen LogP contribution in [0.3, 0.4) is 0 Å². The second-order valence-corrected chi connectivity index (χ2v) is 8.07. The molecule has 0 atom stereocenters. The van der Waals surface area contributed by atoms with Crippen LogP contribution in [0.1, 0.15) is 21.6 Å². The van der Waals surface area contributed by atoms with E-state index in [-0.39, 0.29) is 37.1 Å². The molecule has 1 aliphatic rings. The molecule has 36 heavy (non-hydrogen) atoms. The van der Waals surface area contributed by atoms with E-state index in [2.05, 4.69) is 30.9 Å². The van der Waals surface area contributed by atoms with Crippen molar-refractivity contribution in [3.8, 4) is 11.5 Å². The average Bonchev–Trinajstić information content (AvgIpc) is 3.30. The number of carbonyl (C=O) groups is 3. The first-order valence-electron chi connectivity index (χ1n) is 11.1. The molecule has 0 aliphatic carbocycles. The second-order valence-electron chi connectivity index (χ2n) is 8.07. The highest BCUT2D eigenvalue weighted by Crippen LogP contribution is 2.28. The summed E-state index contributed by atoms with van der Waals surface area (Å²) in [7, 11) is 1.58. The minimum absolute atomic E-state index is 0.0210. The molecule has 2 aromatic heterocycles. The number of nitrogens with one attached hydrogen (secondary N) is 4. The monoisotopic (exact) mass is 486 g/mol. The summed E-state index contributed by atoms with van der Waals surface area (Å²) in [6.45, 7) is 0.187. The van der Waals surface area contributed by atoms with Gasteiger partial charge in [-0.25, -0.2) is 9.97 Å². The summed E-state index contributed by atoms with van der Waals surface area (Å²) in [5.41, 5.74) is 3.58. The van der Waals surface area contributed by atoms with Crippen molar-refractivity contribution in [1.82, 2.24) is 20.3 Å². The normalized spacial score (nSPS) is 12.3. The summed E-state index contributed by atoms with van der Waals surface area (Å²) in [6.07, 6.45) is 3.02. The smallest absolute Gasteiger partial charge is 0.272 e. The average molecular weight is 486 g/mol. The van der Waals surface area contributed by atoms with Gasteiger partial charge in [-0.1, -0.05) is 18.2 Å². The van der Waals surface area contributed by atoms with Gasteiger partial charge in [-0.2, -0.15) is 0 Å². The van der Waals surface area contributed by atoms with E-state index in [0.29, 0.717) is 33.9 Å². The first-order chi connectivity index (χ1) is 17.5. The number of aromatic amines is 1. The third-order valence-electron chi connectivity index (χ3n) is 5.61. The zero-order valence-corrected chi connectivity index (χ0v) is 19.3. The van der Waals surface area contributed by atoms with E-state index < -0.39 is 5.91 Å². The van der Waals surface area contributed by atoms with Crippen molar-refractivity contribution in [2.75, 3.05) is 24.4 Å². The first-order valence-corrected chi connectivity index (χ1v) is 11.1. The number of H-pyrrole nitrogens is 1. The minimum atomic E-state index is -0.418. The molecule has 0 spiro atoms. The molecule has 4 aromatic rings. The molecular formula is C25H22N6O5. The minimum Gasteiger partial charge on any atom is -0.497 e. The summed E-state index contributed by atoms with van der Waals surface area (Å²) >= 11 is 0. The van der Waals surface area contributed by atoms with Crippen LogP contribution in [-0.4, -0.2) is 46.4 Å². The van der Waals surface area contributed by atoms with Gasteiger partial charge in [-0.3, -0.25) is 14.4 Å². The number of benzene rings is 2. The quantitative estimate of drug-likeness (QED) is 0.314. The van der Waals surface area contributed by atoms with E-state index in [4.69, 9.17) is 9.47 Å². The molecule has 0 bridgehead atoms. The topological polar surface area (TPSA) is 147 Å². The lowest BCUT2D eigenvalue weighted by atomic mass is 10.1. The first kappa shape index (κ1) is 22.8. The number of amides is 3. The van der Waals surface area contributed by atoms with Gasteiger partial charge in [0.15, 0.2) is 12.3 Å². The standard InChI is InChI=1S/C25H22N6O5/c1-35-16-5-2-14(3-6-16)9-20(32)31-18-11-26-23-22(18)28-13-29-24(23)25(34)27-10-15-4-7-19-17(8-15)30-21(33)12-36-19/h2-8,11,13,26H,9-10,12H2,1H3,(H,27,34)(H,30,33)(H,31,32). The highest BCUT2D eigenvalue weighted by atomic mass is 16.5. The molecular weight excluding hydrogens is 464 g/mol. The molecule has 11 nitrogen and oxygen atoms in total. The molecule has 0 saturated heterocycles. The van der Waals surface area contributed by atoms with Crippen LogP contribution in [0.4, 0.5) is 11.4 Å². The molecule has 4 N–H and O–H groups in total. The molecule has 182 valence electrons. The molecule has 3 amide bonds. The van der Waals surface area contributed by atoms with Crippen LogP contribution in [0.15, 0.2) is 55.0 Å². The molecule has 0 saturated carbocycles. The number of anilines is 2. The van der Waals surface area contributed by atoms with E-state index in [1.54, 1.807) is 43.6 Å². The maximum absolute atomic E-state index is 12.9. The van der Waals surface area contributed by atoms with Gasteiger partial charge >= 0.3 is 0 Å². The van der Waals surface area contributed by atoms with Crippen LogP contribution in [-0.2, 0) is 22.6 Å². The Morgan fingerprint density at radius 3 is 2.72 bits per heavy atom. The van der Waals surface area contributed by atoms with Crippen LogP contribution in [0, 0.1) is 0 Å². The Hall–Kier alpha value is -4.93. The van der Waals surface area contributed by atoms with Crippen LogP contribution in [0.2, 0.25) is 0 Å². The predicted octanol–water partition coefficient (Wildman–Crippen LogP) is 2.41. The van der Waals surface area contributed by atoms with Crippen LogP contribution >= 0.6 is 0 Å². The molecule has 0 fully saturated rings. The van der Waals surface area contributed by atoms with E-state index in [0.717, 1.165) is 11.1 Å². The van der Waals surface area contributed by atoms with Gasteiger partial charge in [-0.15, -0.1) is 0 Å². The van der Waals surface area contributed by atoms with E-state index in [1.807, 2.05) is 12.1 Å². The fraction of sp³-hybridized carbons (Fsp3) is 0.160. The fourth-order valence-electron chi connectivity index (χ4n) is 3.84. The van der Waals surface area contributed by atoms with Crippen molar-refractivity contribution < 1.29 is 23.9 Å². The van der Waals surface area contributed by atoms with Crippen molar-refractivity contribution in [2.24, 2.45) is 0 Å². The summed E-state index contributed by atoms with van der Waals surface area (Å²) in [5, 5.41) is 8.39. The Morgan fingerprint density at radius 2 is 1.92 bits per heavy atom. The summed E-state index contributed by atoms with van der Waals surface area (Å²) in [4.78, 5) is 48.3. The lowest BCUT2D eigenvalue weighted by Gasteiger charge is -2.18. The Balaban J connectivity index is 1.26. The number of hydrogen-bond acceptors (Lipinski definition) is 7. The van der Waals surface area contributed by atoms with Crippen molar-refractivity contribution in [3.63, 3.8) is 0 Å². The van der Waals surface area contributed by atoms with E-state index >= 15 is 0 Å². The molecule has 3 heterocycles. The van der Waals surface area contributed by atoms with Gasteiger partial charge in [0.05, 0.1) is 30.4 Å². The maximum atomic E-state index is 12.9. The van der Waals surface area contributed by atoms with Gasteiger partial charge in [0.25, 0.3) is 11.8 Å². The zero-order valence-electron chi connectivity index (χ0n) is 19.3. The van der Waals surface area contributed by atoms with Crippen molar-refractivity contribution in [1.29, 1.82) is 0 Å². The largest absolute Gasteiger partial charge is 0.497 e. The Kier molecular flexibility index (Phi) is 6.18. The van der Waals surface area contributed by atoms with E-state index in [9.17, 15) is 14.4 Å². The third-order valence-corrected chi connectivity index (χ3v) is 5.61. The van der Waals surface area contributed by atoms with Gasteiger partial charge < -0.3 is 30.4 Å². The predicted molar refractivity (Wildman–Crippen MR) is 131 cm³/mol. The summed E-state index contributed by atoms with van der Waals surface area (Å²) in [6, 6.07) is 12.5. The number of rotatable bonds is 7. The van der Waals surface area contributed by atoms with Gasteiger partial charge in [0, 0.05) is 12.7 Å². The highest BCUT2D eigenvalue weighted by molar-refractivity contribution is 6.08. The van der Waals surface area contributed by atoms with Gasteiger partial charge in [-0.05, 0) is 35.4 Å². The lowest BCUT2D eigenvalue weighted by Crippen LogP contribution is -2.26. The number of nitrogens with zero attached hydrogens (tertiary/aromatic N) is 2. The van der Waals surface area contributed by atoms with E-state index in [1.165, 1.54) is 6.33 Å². The van der Waals surface area contributed by atoms with Crippen LogP contribution < -0.4 is 25.4 Å². The Bertz CT molecular complexity index is 1460. The number of aromatic nitrogens is 3. The zero-order chi connectivity index (χ0) is 25.1. The molecule has 5 rings (SSSR count). The van der Waals surface area contributed by atoms with Gasteiger partial charge in [0.1, 0.15) is 23.3 Å². The van der Waals surface area contributed by atoms with Gasteiger partial charge in [0.2, 0.25) is 5.91 Å². The molecule has 0 unspecified atom stereocenters. The Labute approximate surface area is 205 Å². The molecule has 1 aliphatic heterocycles. The number of hydrogen-bond donors (Lipinski definition) is 4. The van der Waals surface area contributed by atoms with Crippen molar-refractivity contribution >= 4 is 40.1 Å². The lowest BCUT2D eigenvalue weighted by molar-refractivity contribution is -0.118. The van der Waals surface area contributed by atoms with Crippen molar-refractivity contribution in [2.45, 2.75) is 13.0 Å². The summed E-state index contributed by atoms with van der Waals surface area (Å²) in [5.74, 6) is 0.416. The summed E-state index contributed by atoms with van der Waals surface area (Å²) < 4.78 is 10.5. The number of methoxy groups -OCH3 is 1. The highest BCUT2D eigenvalue weighted by Gasteiger charge is 2.19. The molecule has 2 aromatic carbocycles.